The Morgan fingerprint density at radius 1 is 0.313 bits per heavy atom. The third kappa shape index (κ3) is 49.7. The standard InChI is InChI=1S/2C20H35O12P.Mg/c2*1-17(2)19(21)29-13-9-25-5-7-27-11-15-31-33(23,24)32-16-12-28-8-6-26-10-14-30-20(22)18(3)4;/h2*1,3,5-16H2,2,4H3,(H,23,24);/q;;+2/p-2. The zero-order valence-corrected chi connectivity index (χ0v) is 42.4. The van der Waals surface area contributed by atoms with Crippen molar-refractivity contribution in [3.8, 4) is 0 Å². The van der Waals surface area contributed by atoms with Crippen LogP contribution in [0.2, 0.25) is 0 Å². The first-order valence-corrected chi connectivity index (χ1v) is 23.4. The molecule has 0 N–H and O–H groups in total. The van der Waals surface area contributed by atoms with E-state index >= 15 is 0 Å². The molecule has 24 nitrogen and oxygen atoms in total. The molecule has 384 valence electrons. The van der Waals surface area contributed by atoms with Gasteiger partial charge in [-0.1, -0.05) is 26.3 Å². The Balaban J connectivity index is -0.00000120. The van der Waals surface area contributed by atoms with Crippen LogP contribution in [-0.2, 0) is 103 Å². The van der Waals surface area contributed by atoms with Gasteiger partial charge in [0.05, 0.1) is 132 Å². The van der Waals surface area contributed by atoms with Crippen molar-refractivity contribution in [3.05, 3.63) is 48.6 Å². The number of hydrogen-bond donors (Lipinski definition) is 0. The van der Waals surface area contributed by atoms with Crippen LogP contribution in [-0.4, -0.2) is 205 Å². The van der Waals surface area contributed by atoms with Gasteiger partial charge in [-0.3, -0.25) is 9.13 Å². The van der Waals surface area contributed by atoms with Gasteiger partial charge in [-0.15, -0.1) is 0 Å². The van der Waals surface area contributed by atoms with Crippen LogP contribution < -0.4 is 9.79 Å². The van der Waals surface area contributed by atoms with E-state index in [4.69, 9.17) is 56.8 Å². The van der Waals surface area contributed by atoms with Gasteiger partial charge in [-0.25, -0.2) is 19.2 Å². The maximum atomic E-state index is 11.6. The van der Waals surface area contributed by atoms with Crippen LogP contribution in [0.15, 0.2) is 48.6 Å². The Labute approximate surface area is 409 Å². The second-order valence-electron chi connectivity index (χ2n) is 12.8. The molecule has 0 atom stereocenters. The van der Waals surface area contributed by atoms with Crippen molar-refractivity contribution in [3.63, 3.8) is 0 Å². The zero-order chi connectivity index (χ0) is 49.9. The van der Waals surface area contributed by atoms with Gasteiger partial charge in [-0.05, 0) is 27.7 Å². The molecule has 0 bridgehead atoms. The Kier molecular flexibility index (Phi) is 47.1. The summed E-state index contributed by atoms with van der Waals surface area (Å²) in [4.78, 5) is 67.6. The summed E-state index contributed by atoms with van der Waals surface area (Å²) in [5.41, 5.74) is 1.25. The van der Waals surface area contributed by atoms with E-state index in [-0.39, 0.29) is 182 Å². The molecule has 0 heterocycles. The quantitative estimate of drug-likeness (QED) is 0.0207. The fourth-order valence-corrected chi connectivity index (χ4v) is 4.80. The van der Waals surface area contributed by atoms with Crippen molar-refractivity contribution < 1.29 is 113 Å². The van der Waals surface area contributed by atoms with E-state index in [1.54, 1.807) is 27.7 Å². The number of carbonyl (C=O) groups is 4. The summed E-state index contributed by atoms with van der Waals surface area (Å²) in [5, 5.41) is 0. The molecule has 67 heavy (non-hydrogen) atoms. The largest absolute Gasteiger partial charge is 2.00 e. The average molecular weight is 1020 g/mol. The Hall–Kier alpha value is -2.49. The minimum absolute atomic E-state index is 0. The van der Waals surface area contributed by atoms with E-state index in [0.717, 1.165) is 0 Å². The van der Waals surface area contributed by atoms with Crippen LogP contribution in [0.3, 0.4) is 0 Å². The zero-order valence-electron chi connectivity index (χ0n) is 39.2. The van der Waals surface area contributed by atoms with Crippen LogP contribution in [0, 0.1) is 0 Å². The SMILES string of the molecule is C=C(C)C(=O)OCCOCCOCCOP(=O)([O-])OCCOCCOCCOC(=O)C(=C)C.C=C(C)C(=O)OCCOCCOCCOP(=O)([O-])OCCOCCOCCOC(=O)C(=C)C.[Mg+2]. The maximum absolute atomic E-state index is 11.6. The van der Waals surface area contributed by atoms with Gasteiger partial charge < -0.3 is 84.7 Å². The molecule has 0 radical (unpaired) electrons. The number of phosphoric ester groups is 2. The van der Waals surface area contributed by atoms with E-state index in [2.05, 4.69) is 44.4 Å². The Morgan fingerprint density at radius 2 is 0.448 bits per heavy atom. The normalized spacial score (nSPS) is 11.1. The smallest absolute Gasteiger partial charge is 0.756 e. The maximum Gasteiger partial charge on any atom is 2.00 e. The van der Waals surface area contributed by atoms with Crippen LogP contribution in [0.5, 0.6) is 0 Å². The van der Waals surface area contributed by atoms with E-state index in [9.17, 15) is 38.1 Å². The van der Waals surface area contributed by atoms with E-state index < -0.39 is 39.5 Å². The molecular weight excluding hydrogens is 951 g/mol. The van der Waals surface area contributed by atoms with Gasteiger partial charge in [0.1, 0.15) is 26.4 Å². The average Bonchev–Trinajstić information content (AvgIpc) is 3.25. The molecule has 0 unspecified atom stereocenters. The number of carbonyl (C=O) groups excluding carboxylic acids is 4. The first-order valence-electron chi connectivity index (χ1n) is 20.4. The second kappa shape index (κ2) is 45.9. The first kappa shape index (κ1) is 68.8. The minimum Gasteiger partial charge on any atom is -0.756 e. The molecule has 0 aliphatic carbocycles. The van der Waals surface area contributed by atoms with Crippen molar-refractivity contribution in [2.24, 2.45) is 0 Å². The van der Waals surface area contributed by atoms with Crippen molar-refractivity contribution in [2.45, 2.75) is 27.7 Å². The van der Waals surface area contributed by atoms with E-state index in [0.29, 0.717) is 22.3 Å². The Morgan fingerprint density at radius 3 is 0.597 bits per heavy atom. The van der Waals surface area contributed by atoms with Crippen LogP contribution in [0.4, 0.5) is 0 Å². The van der Waals surface area contributed by atoms with E-state index in [1.165, 1.54) is 0 Å². The van der Waals surface area contributed by atoms with Gasteiger partial charge in [0.25, 0.3) is 15.6 Å². The second-order valence-corrected chi connectivity index (χ2v) is 15.6. The molecule has 0 spiro atoms. The monoisotopic (exact) mass is 1020 g/mol. The van der Waals surface area contributed by atoms with Crippen LogP contribution in [0.25, 0.3) is 0 Å². The predicted molar refractivity (Wildman–Crippen MR) is 234 cm³/mol. The van der Waals surface area contributed by atoms with Crippen molar-refractivity contribution in [1.29, 1.82) is 0 Å². The van der Waals surface area contributed by atoms with Crippen molar-refractivity contribution in [2.75, 3.05) is 159 Å². The molecule has 0 aromatic rings. The predicted octanol–water partition coefficient (Wildman–Crippen LogP) is 1.21. The van der Waals surface area contributed by atoms with Gasteiger partial charge in [0, 0.05) is 22.3 Å². The third-order valence-electron chi connectivity index (χ3n) is 6.63. The molecule has 27 heteroatoms. The molecule has 0 saturated heterocycles. The summed E-state index contributed by atoms with van der Waals surface area (Å²) >= 11 is 0. The molecule has 0 rings (SSSR count). The molecule has 0 fully saturated rings. The van der Waals surface area contributed by atoms with Crippen LogP contribution in [0.1, 0.15) is 27.7 Å². The molecule has 0 aromatic heterocycles. The summed E-state index contributed by atoms with van der Waals surface area (Å²) in [7, 11) is -8.90. The summed E-state index contributed by atoms with van der Waals surface area (Å²) in [6, 6.07) is 0. The fraction of sp³-hybridized carbons (Fsp3) is 0.700. The van der Waals surface area contributed by atoms with Gasteiger partial charge >= 0.3 is 46.9 Å². The Bertz CT molecular complexity index is 1290. The third-order valence-corrected chi connectivity index (χ3v) is 8.63. The summed E-state index contributed by atoms with van der Waals surface area (Å²) < 4.78 is 102. The number of hydrogen-bond acceptors (Lipinski definition) is 24. The van der Waals surface area contributed by atoms with Crippen molar-refractivity contribution >= 4 is 62.6 Å². The summed E-state index contributed by atoms with van der Waals surface area (Å²) in [6.45, 7) is 22.4. The van der Waals surface area contributed by atoms with Gasteiger partial charge in [-0.2, -0.15) is 0 Å². The summed E-state index contributed by atoms with van der Waals surface area (Å²) in [5.74, 6) is -1.92. The number of ether oxygens (including phenoxy) is 12. The fourth-order valence-electron chi connectivity index (χ4n) is 3.46. The van der Waals surface area contributed by atoms with E-state index in [1.807, 2.05) is 0 Å². The minimum atomic E-state index is -4.45. The van der Waals surface area contributed by atoms with Crippen LogP contribution >= 0.6 is 15.6 Å². The van der Waals surface area contributed by atoms with Gasteiger partial charge in [0.15, 0.2) is 0 Å². The number of esters is 4. The molecule has 0 saturated carbocycles. The summed E-state index contributed by atoms with van der Waals surface area (Å²) in [6.07, 6.45) is 0. The van der Waals surface area contributed by atoms with Gasteiger partial charge in [0.2, 0.25) is 0 Å². The first-order chi connectivity index (χ1) is 31.3. The molecule has 0 aliphatic heterocycles. The number of rotatable bonds is 44. The molecule has 0 amide bonds. The molecule has 0 aromatic carbocycles. The number of phosphoric acid groups is 2. The molecule has 0 aliphatic rings. The topological polar surface area (TPSA) is 296 Å². The molecular formula is C40H68MgO24P2. The van der Waals surface area contributed by atoms with Crippen molar-refractivity contribution in [1.82, 2.24) is 0 Å².